The van der Waals surface area contributed by atoms with Crippen LogP contribution in [0.25, 0.3) is 0 Å². The average molecular weight is 290 g/mol. The van der Waals surface area contributed by atoms with Gasteiger partial charge >= 0.3 is 0 Å². The van der Waals surface area contributed by atoms with Gasteiger partial charge in [0.25, 0.3) is 0 Å². The first-order valence-corrected chi connectivity index (χ1v) is 7.78. The Morgan fingerprint density at radius 2 is 1.94 bits per heavy atom. The van der Waals surface area contributed by atoms with Crippen LogP contribution in [0.15, 0.2) is 0 Å². The third-order valence-corrected chi connectivity index (χ3v) is 4.83. The van der Waals surface area contributed by atoms with E-state index in [-0.39, 0.29) is 0 Å². The summed E-state index contributed by atoms with van der Waals surface area (Å²) in [7, 11) is 0. The van der Waals surface area contributed by atoms with Gasteiger partial charge in [0, 0.05) is 17.9 Å². The van der Waals surface area contributed by atoms with Gasteiger partial charge in [0.2, 0.25) is 0 Å². The van der Waals surface area contributed by atoms with Gasteiger partial charge in [-0.05, 0) is 36.6 Å². The lowest BCUT2D eigenvalue weighted by Crippen LogP contribution is -2.41. The second kappa shape index (κ2) is 5.86. The average Bonchev–Trinajstić information content (AvgIpc) is 2.59. The molecule has 1 aliphatic heterocycles. The summed E-state index contributed by atoms with van der Waals surface area (Å²) in [5, 5.41) is 1.12. The molecule has 2 unspecified atom stereocenters. The second-order valence-electron chi connectivity index (χ2n) is 6.67. The highest BCUT2D eigenvalue weighted by Gasteiger charge is 2.32. The topological polar surface area (TPSA) is 3.24 Å². The van der Waals surface area contributed by atoms with Crippen LogP contribution < -0.4 is 0 Å². The monoisotopic (exact) mass is 289 g/mol. The highest BCUT2D eigenvalue weighted by molar-refractivity contribution is 9.09. The lowest BCUT2D eigenvalue weighted by molar-refractivity contribution is 0.134. The Morgan fingerprint density at radius 1 is 1.31 bits per heavy atom. The third-order valence-electron chi connectivity index (χ3n) is 4.05. The predicted molar refractivity (Wildman–Crippen MR) is 76.2 cm³/mol. The number of rotatable bonds is 4. The fourth-order valence-corrected chi connectivity index (χ4v) is 3.85. The largest absolute Gasteiger partial charge is 0.300 e. The summed E-state index contributed by atoms with van der Waals surface area (Å²) in [5.74, 6) is 1.56. The summed E-state index contributed by atoms with van der Waals surface area (Å²) in [4.78, 5) is 2.72. The fourth-order valence-electron chi connectivity index (χ4n) is 2.67. The Morgan fingerprint density at radius 3 is 2.38 bits per heavy atom. The van der Waals surface area contributed by atoms with E-state index in [9.17, 15) is 0 Å². The highest BCUT2D eigenvalue weighted by Crippen LogP contribution is 2.32. The van der Waals surface area contributed by atoms with Crippen molar-refractivity contribution in [3.05, 3.63) is 0 Å². The van der Waals surface area contributed by atoms with Gasteiger partial charge in [-0.15, -0.1) is 0 Å². The zero-order chi connectivity index (χ0) is 12.3. The molecule has 0 aromatic carbocycles. The Balaban J connectivity index is 2.58. The predicted octanol–water partition coefficient (Wildman–Crippen LogP) is 4.16. The van der Waals surface area contributed by atoms with E-state index >= 15 is 0 Å². The number of halogens is 1. The van der Waals surface area contributed by atoms with Crippen molar-refractivity contribution >= 4 is 15.9 Å². The Labute approximate surface area is 110 Å². The summed E-state index contributed by atoms with van der Waals surface area (Å²) in [6.07, 6.45) is 2.79. The molecule has 1 fully saturated rings. The van der Waals surface area contributed by atoms with E-state index in [0.29, 0.717) is 5.41 Å². The summed E-state index contributed by atoms with van der Waals surface area (Å²) in [5.41, 5.74) is 0.410. The van der Waals surface area contributed by atoms with E-state index in [1.165, 1.54) is 25.9 Å². The molecule has 2 heteroatoms. The smallest absolute Gasteiger partial charge is 0.0119 e. The van der Waals surface area contributed by atoms with Crippen LogP contribution in [-0.2, 0) is 0 Å². The first kappa shape index (κ1) is 14.5. The zero-order valence-electron chi connectivity index (χ0n) is 11.6. The summed E-state index contributed by atoms with van der Waals surface area (Å²) in [6, 6.07) is 0.823. The molecule has 0 aromatic rings. The van der Waals surface area contributed by atoms with Gasteiger partial charge in [0.15, 0.2) is 0 Å². The molecule has 16 heavy (non-hydrogen) atoms. The van der Waals surface area contributed by atoms with Crippen LogP contribution in [0, 0.1) is 17.3 Å². The molecule has 96 valence electrons. The van der Waals surface area contributed by atoms with E-state index in [1.807, 2.05) is 0 Å². The van der Waals surface area contributed by atoms with Gasteiger partial charge in [-0.2, -0.15) is 0 Å². The lowest BCUT2D eigenvalue weighted by atomic mass is 9.81. The summed E-state index contributed by atoms with van der Waals surface area (Å²) in [6.45, 7) is 14.4. The minimum Gasteiger partial charge on any atom is -0.300 e. The van der Waals surface area contributed by atoms with Crippen molar-refractivity contribution < 1.29 is 0 Å². The number of nitrogens with zero attached hydrogens (tertiary/aromatic N) is 1. The number of likely N-dealkylation sites (tertiary alicyclic amines) is 1. The third kappa shape index (κ3) is 3.73. The minimum absolute atomic E-state index is 0.410. The van der Waals surface area contributed by atoms with Gasteiger partial charge in [0.1, 0.15) is 0 Å². The maximum atomic E-state index is 3.69. The van der Waals surface area contributed by atoms with Crippen molar-refractivity contribution in [2.24, 2.45) is 17.3 Å². The number of alkyl halides is 1. The van der Waals surface area contributed by atoms with E-state index in [0.717, 1.165) is 23.2 Å². The van der Waals surface area contributed by atoms with Crippen molar-refractivity contribution in [2.45, 2.75) is 53.5 Å². The number of hydrogen-bond donors (Lipinski definition) is 0. The molecule has 0 N–H and O–H groups in total. The SMILES string of the molecule is CC(C)C1CCCN1CC(CBr)C(C)(C)C. The van der Waals surface area contributed by atoms with Crippen LogP contribution in [-0.4, -0.2) is 29.4 Å². The molecule has 0 aromatic heterocycles. The molecule has 0 radical (unpaired) electrons. The molecular formula is C14H28BrN. The van der Waals surface area contributed by atoms with Crippen molar-refractivity contribution in [3.63, 3.8) is 0 Å². The second-order valence-corrected chi connectivity index (χ2v) is 7.31. The maximum absolute atomic E-state index is 3.69. The summed E-state index contributed by atoms with van der Waals surface area (Å²) < 4.78 is 0. The first-order chi connectivity index (χ1) is 7.36. The normalized spacial score (nSPS) is 25.3. The van der Waals surface area contributed by atoms with Gasteiger partial charge in [-0.1, -0.05) is 50.5 Å². The highest BCUT2D eigenvalue weighted by atomic mass is 79.9. The van der Waals surface area contributed by atoms with E-state index in [1.54, 1.807) is 0 Å². The molecule has 1 nitrogen and oxygen atoms in total. The Kier molecular flexibility index (Phi) is 5.31. The molecule has 0 aliphatic carbocycles. The lowest BCUT2D eigenvalue weighted by Gasteiger charge is -2.36. The van der Waals surface area contributed by atoms with E-state index in [4.69, 9.17) is 0 Å². The molecule has 1 aliphatic rings. The molecule has 1 heterocycles. The van der Waals surface area contributed by atoms with Crippen LogP contribution in [0.3, 0.4) is 0 Å². The van der Waals surface area contributed by atoms with Crippen LogP contribution in [0.1, 0.15) is 47.5 Å². The number of hydrogen-bond acceptors (Lipinski definition) is 1. The Hall–Kier alpha value is 0.440. The molecule has 0 spiro atoms. The molecule has 0 amide bonds. The maximum Gasteiger partial charge on any atom is 0.0119 e. The minimum atomic E-state index is 0.410. The van der Waals surface area contributed by atoms with Crippen LogP contribution in [0.4, 0.5) is 0 Å². The molecule has 1 rings (SSSR count). The van der Waals surface area contributed by atoms with Gasteiger partial charge < -0.3 is 0 Å². The Bertz CT molecular complexity index is 207. The van der Waals surface area contributed by atoms with Crippen LogP contribution >= 0.6 is 15.9 Å². The van der Waals surface area contributed by atoms with Gasteiger partial charge in [0.05, 0.1) is 0 Å². The van der Waals surface area contributed by atoms with Crippen molar-refractivity contribution in [1.29, 1.82) is 0 Å². The summed E-state index contributed by atoms with van der Waals surface area (Å²) >= 11 is 3.69. The van der Waals surface area contributed by atoms with Crippen molar-refractivity contribution in [3.8, 4) is 0 Å². The standard InChI is InChI=1S/C14H28BrN/c1-11(2)13-7-6-8-16(13)10-12(9-15)14(3,4)5/h11-13H,6-10H2,1-5H3. The first-order valence-electron chi connectivity index (χ1n) is 6.66. The zero-order valence-corrected chi connectivity index (χ0v) is 13.2. The molecule has 0 bridgehead atoms. The van der Waals surface area contributed by atoms with Gasteiger partial charge in [-0.3, -0.25) is 4.90 Å². The van der Waals surface area contributed by atoms with E-state index < -0.39 is 0 Å². The molecule has 0 saturated carbocycles. The van der Waals surface area contributed by atoms with Crippen LogP contribution in [0.5, 0.6) is 0 Å². The van der Waals surface area contributed by atoms with Gasteiger partial charge in [-0.25, -0.2) is 0 Å². The molecular weight excluding hydrogens is 262 g/mol. The molecule has 1 saturated heterocycles. The van der Waals surface area contributed by atoms with Crippen molar-refractivity contribution in [2.75, 3.05) is 18.4 Å². The quantitative estimate of drug-likeness (QED) is 0.703. The van der Waals surface area contributed by atoms with E-state index in [2.05, 4.69) is 55.4 Å². The van der Waals surface area contributed by atoms with Crippen LogP contribution in [0.2, 0.25) is 0 Å². The molecule has 2 atom stereocenters. The fraction of sp³-hybridized carbons (Fsp3) is 1.00. The van der Waals surface area contributed by atoms with Crippen molar-refractivity contribution in [1.82, 2.24) is 4.90 Å².